The molecule has 1 amide bonds. The minimum atomic E-state index is -0.699. The molecule has 0 spiro atoms. The van der Waals surface area contributed by atoms with Crippen LogP contribution in [-0.4, -0.2) is 45.5 Å². The average Bonchev–Trinajstić information content (AvgIpc) is 3.25. The van der Waals surface area contributed by atoms with E-state index in [0.29, 0.717) is 16.8 Å². The van der Waals surface area contributed by atoms with Gasteiger partial charge in [0.2, 0.25) is 0 Å². The van der Waals surface area contributed by atoms with Crippen molar-refractivity contribution >= 4 is 33.4 Å². The Balaban J connectivity index is 1.65. The molecule has 0 aliphatic rings. The third-order valence-electron chi connectivity index (χ3n) is 5.09. The van der Waals surface area contributed by atoms with Crippen molar-refractivity contribution in [2.45, 2.75) is 39.8 Å². The summed E-state index contributed by atoms with van der Waals surface area (Å²) in [6, 6.07) is 7.58. The van der Waals surface area contributed by atoms with Gasteiger partial charge in [0.15, 0.2) is 6.61 Å². The van der Waals surface area contributed by atoms with Gasteiger partial charge >= 0.3 is 5.97 Å². The van der Waals surface area contributed by atoms with Crippen molar-refractivity contribution in [2.75, 3.05) is 13.7 Å². The molecule has 0 saturated heterocycles. The van der Waals surface area contributed by atoms with Crippen LogP contribution in [0.2, 0.25) is 0 Å². The lowest BCUT2D eigenvalue weighted by atomic mass is 10.1. The number of nitrogens with zero attached hydrogens (tertiary/aromatic N) is 2. The van der Waals surface area contributed by atoms with Crippen molar-refractivity contribution in [1.29, 1.82) is 0 Å². The van der Waals surface area contributed by atoms with Crippen LogP contribution in [0, 0.1) is 13.8 Å². The number of thiazole rings is 1. The van der Waals surface area contributed by atoms with E-state index in [1.54, 1.807) is 27.8 Å². The minimum absolute atomic E-state index is 0.241. The summed E-state index contributed by atoms with van der Waals surface area (Å²) in [4.78, 5) is 34.0. The number of aliphatic hydroxyl groups is 1. The van der Waals surface area contributed by atoms with E-state index in [1.165, 1.54) is 16.2 Å². The lowest BCUT2D eigenvalue weighted by Crippen LogP contribution is -2.33. The van der Waals surface area contributed by atoms with E-state index in [1.807, 2.05) is 31.2 Å². The number of aliphatic hydroxyl groups excluding tert-OH is 1. The predicted molar refractivity (Wildman–Crippen MR) is 112 cm³/mol. The first-order valence-corrected chi connectivity index (χ1v) is 10.2. The first-order chi connectivity index (χ1) is 13.7. The number of esters is 1. The largest absolute Gasteiger partial charge is 0.451 e. The predicted octanol–water partition coefficient (Wildman–Crippen LogP) is 3.67. The van der Waals surface area contributed by atoms with Gasteiger partial charge in [0.25, 0.3) is 5.91 Å². The fourth-order valence-corrected chi connectivity index (χ4v) is 4.41. The SMILES string of the molecule is Cc1[nH]c(C(=O)OCC(=O)N(C)[C@H](C)c2nc3ccccc3s2)c(C)c1[C@H](C)O. The number of hydrogen-bond donors (Lipinski definition) is 2. The summed E-state index contributed by atoms with van der Waals surface area (Å²) < 4.78 is 6.29. The number of aromatic amines is 1. The van der Waals surface area contributed by atoms with Crippen LogP contribution in [-0.2, 0) is 9.53 Å². The van der Waals surface area contributed by atoms with Gasteiger partial charge in [-0.05, 0) is 45.4 Å². The van der Waals surface area contributed by atoms with Gasteiger partial charge in [-0.15, -0.1) is 11.3 Å². The molecule has 2 atom stereocenters. The van der Waals surface area contributed by atoms with Crippen molar-refractivity contribution < 1.29 is 19.4 Å². The van der Waals surface area contributed by atoms with Crippen molar-refractivity contribution in [3.8, 4) is 0 Å². The van der Waals surface area contributed by atoms with Gasteiger partial charge in [-0.3, -0.25) is 4.79 Å². The van der Waals surface area contributed by atoms with Gasteiger partial charge < -0.3 is 19.7 Å². The smallest absolute Gasteiger partial charge is 0.355 e. The van der Waals surface area contributed by atoms with Crippen LogP contribution in [0.5, 0.6) is 0 Å². The van der Waals surface area contributed by atoms with Crippen LogP contribution < -0.4 is 0 Å². The molecule has 7 nitrogen and oxygen atoms in total. The summed E-state index contributed by atoms with van der Waals surface area (Å²) in [6.45, 7) is 6.69. The molecule has 1 aromatic carbocycles. The Kier molecular flexibility index (Phi) is 6.04. The van der Waals surface area contributed by atoms with Gasteiger partial charge in [-0.25, -0.2) is 9.78 Å². The van der Waals surface area contributed by atoms with Crippen molar-refractivity contribution in [3.05, 3.63) is 51.8 Å². The maximum absolute atomic E-state index is 12.5. The number of nitrogens with one attached hydrogen (secondary N) is 1. The Morgan fingerprint density at radius 2 is 1.97 bits per heavy atom. The first-order valence-electron chi connectivity index (χ1n) is 9.36. The normalized spacial score (nSPS) is 13.3. The van der Waals surface area contributed by atoms with E-state index in [4.69, 9.17) is 4.74 Å². The van der Waals surface area contributed by atoms with E-state index in [9.17, 15) is 14.7 Å². The molecule has 2 aromatic heterocycles. The summed E-state index contributed by atoms with van der Waals surface area (Å²) >= 11 is 1.54. The maximum atomic E-state index is 12.5. The second kappa shape index (κ2) is 8.34. The van der Waals surface area contributed by atoms with Crippen molar-refractivity contribution in [3.63, 3.8) is 0 Å². The monoisotopic (exact) mass is 415 g/mol. The third-order valence-corrected chi connectivity index (χ3v) is 6.29. The number of benzene rings is 1. The molecular formula is C21H25N3O4S. The van der Waals surface area contributed by atoms with Gasteiger partial charge in [-0.1, -0.05) is 12.1 Å². The third kappa shape index (κ3) is 4.18. The number of aryl methyl sites for hydroxylation is 1. The Labute approximate surface area is 173 Å². The highest BCUT2D eigenvalue weighted by molar-refractivity contribution is 7.18. The van der Waals surface area contributed by atoms with Crippen LogP contribution >= 0.6 is 11.3 Å². The lowest BCUT2D eigenvalue weighted by molar-refractivity contribution is -0.135. The Morgan fingerprint density at radius 1 is 1.28 bits per heavy atom. The van der Waals surface area contributed by atoms with E-state index in [2.05, 4.69) is 9.97 Å². The molecule has 0 radical (unpaired) electrons. The number of likely N-dealkylation sites (N-methyl/N-ethyl adjacent to an activating group) is 1. The zero-order valence-electron chi connectivity index (χ0n) is 17.1. The molecule has 3 rings (SSSR count). The zero-order valence-corrected chi connectivity index (χ0v) is 18.0. The van der Waals surface area contributed by atoms with Crippen LogP contribution in [0.4, 0.5) is 0 Å². The van der Waals surface area contributed by atoms with E-state index in [0.717, 1.165) is 15.2 Å². The van der Waals surface area contributed by atoms with Crippen LogP contribution in [0.15, 0.2) is 24.3 Å². The molecule has 8 heteroatoms. The van der Waals surface area contributed by atoms with Crippen LogP contribution in [0.3, 0.4) is 0 Å². The zero-order chi connectivity index (χ0) is 21.3. The number of H-pyrrole nitrogens is 1. The molecule has 2 heterocycles. The molecule has 154 valence electrons. The quantitative estimate of drug-likeness (QED) is 0.599. The standard InChI is InChI=1S/C21H25N3O4S/c1-11-18(14(4)25)12(2)22-19(11)21(27)28-10-17(26)24(5)13(3)20-23-15-8-6-7-9-16(15)29-20/h6-9,13-14,22,25H,10H2,1-5H3/t13-,14+/m1/s1. The van der Waals surface area contributed by atoms with Crippen LogP contribution in [0.25, 0.3) is 10.2 Å². The molecule has 29 heavy (non-hydrogen) atoms. The fraction of sp³-hybridized carbons (Fsp3) is 0.381. The van der Waals surface area contributed by atoms with Crippen LogP contribution in [0.1, 0.15) is 58.3 Å². The Morgan fingerprint density at radius 3 is 2.59 bits per heavy atom. The molecule has 0 unspecified atom stereocenters. The Hall–Kier alpha value is -2.71. The highest BCUT2D eigenvalue weighted by atomic mass is 32.1. The van der Waals surface area contributed by atoms with E-state index >= 15 is 0 Å². The number of ether oxygens (including phenoxy) is 1. The molecule has 0 aliphatic heterocycles. The number of rotatable bonds is 6. The van der Waals surface area contributed by atoms with Gasteiger partial charge in [0.1, 0.15) is 10.7 Å². The number of para-hydroxylation sites is 1. The first kappa shape index (κ1) is 21.0. The minimum Gasteiger partial charge on any atom is -0.451 e. The van der Waals surface area contributed by atoms with Gasteiger partial charge in [-0.2, -0.15) is 0 Å². The van der Waals surface area contributed by atoms with Crippen molar-refractivity contribution in [1.82, 2.24) is 14.9 Å². The summed E-state index contributed by atoms with van der Waals surface area (Å²) in [5, 5.41) is 10.7. The highest BCUT2D eigenvalue weighted by Gasteiger charge is 2.24. The van der Waals surface area contributed by atoms with Gasteiger partial charge in [0.05, 0.1) is 22.4 Å². The molecule has 0 aliphatic carbocycles. The second-order valence-electron chi connectivity index (χ2n) is 7.12. The Bertz CT molecular complexity index is 1020. The molecule has 3 aromatic rings. The number of amides is 1. The summed E-state index contributed by atoms with van der Waals surface area (Å²) in [5.74, 6) is -0.936. The molecular weight excluding hydrogens is 390 g/mol. The number of carbonyl (C=O) groups is 2. The van der Waals surface area contributed by atoms with E-state index < -0.39 is 12.1 Å². The number of hydrogen-bond acceptors (Lipinski definition) is 6. The summed E-state index contributed by atoms with van der Waals surface area (Å²) in [6.07, 6.45) is -0.699. The number of fused-ring (bicyclic) bond motifs is 1. The fourth-order valence-electron chi connectivity index (χ4n) is 3.35. The second-order valence-corrected chi connectivity index (χ2v) is 8.18. The summed E-state index contributed by atoms with van der Waals surface area (Å²) in [5.41, 5.74) is 3.17. The van der Waals surface area contributed by atoms with Crippen molar-refractivity contribution in [2.24, 2.45) is 0 Å². The maximum Gasteiger partial charge on any atom is 0.355 e. The molecule has 2 N–H and O–H groups in total. The van der Waals surface area contributed by atoms with Gasteiger partial charge in [0, 0.05) is 18.3 Å². The number of carbonyl (C=O) groups excluding carboxylic acids is 2. The average molecular weight is 416 g/mol. The molecule has 0 bridgehead atoms. The number of aromatic nitrogens is 2. The van der Waals surface area contributed by atoms with E-state index in [-0.39, 0.29) is 24.2 Å². The molecule has 0 saturated carbocycles. The summed E-state index contributed by atoms with van der Waals surface area (Å²) in [7, 11) is 1.67. The molecule has 0 fully saturated rings. The highest BCUT2D eigenvalue weighted by Crippen LogP contribution is 2.29. The lowest BCUT2D eigenvalue weighted by Gasteiger charge is -2.23. The topological polar surface area (TPSA) is 95.5 Å².